The first-order valence-corrected chi connectivity index (χ1v) is 12.6. The van der Waals surface area contributed by atoms with E-state index in [0.717, 1.165) is 4.90 Å². The zero-order chi connectivity index (χ0) is 30.0. The van der Waals surface area contributed by atoms with Gasteiger partial charge < -0.3 is 14.5 Å². The Kier molecular flexibility index (Phi) is 9.10. The highest BCUT2D eigenvalue weighted by molar-refractivity contribution is 5.77. The number of carbonyl (C=O) groups excluding carboxylic acids is 2. The quantitative estimate of drug-likeness (QED) is 0.341. The van der Waals surface area contributed by atoms with E-state index in [1.165, 1.54) is 36.2 Å². The van der Waals surface area contributed by atoms with E-state index >= 15 is 0 Å². The maximum Gasteiger partial charge on any atom is 0.416 e. The molecule has 2 amide bonds. The summed E-state index contributed by atoms with van der Waals surface area (Å²) in [5.74, 6) is -1.73. The van der Waals surface area contributed by atoms with Crippen LogP contribution in [-0.4, -0.2) is 47.5 Å². The largest absolute Gasteiger partial charge is 0.444 e. The third kappa shape index (κ3) is 8.34. The van der Waals surface area contributed by atoms with Crippen LogP contribution in [0, 0.1) is 11.7 Å². The fourth-order valence-electron chi connectivity index (χ4n) is 4.69. The van der Waals surface area contributed by atoms with E-state index in [4.69, 9.17) is 4.74 Å². The van der Waals surface area contributed by atoms with E-state index < -0.39 is 59.4 Å². The number of carbonyl (C=O) groups is 2. The molecule has 0 N–H and O–H groups in total. The first-order chi connectivity index (χ1) is 18.3. The molecule has 0 spiro atoms. The van der Waals surface area contributed by atoms with Crippen LogP contribution in [0.4, 0.5) is 35.5 Å². The van der Waals surface area contributed by atoms with E-state index in [2.05, 4.69) is 0 Å². The second-order valence-electron chi connectivity index (χ2n) is 11.0. The fraction of sp³-hybridized carbons (Fsp3) is 0.500. The average molecular weight is 577 g/mol. The van der Waals surface area contributed by atoms with Crippen molar-refractivity contribution < 1.29 is 45.1 Å². The Balaban J connectivity index is 1.81. The molecule has 5 nitrogen and oxygen atoms in total. The second kappa shape index (κ2) is 11.7. The first kappa shape index (κ1) is 31.2. The van der Waals surface area contributed by atoms with Crippen LogP contribution in [-0.2, 0) is 28.4 Å². The lowest BCUT2D eigenvalue weighted by molar-refractivity contribution is -0.143. The summed E-state index contributed by atoms with van der Waals surface area (Å²) in [6.07, 6.45) is -10.2. The van der Waals surface area contributed by atoms with E-state index in [1.807, 2.05) is 0 Å². The minimum atomic E-state index is -5.01. The normalized spacial score (nSPS) is 17.1. The van der Waals surface area contributed by atoms with Crippen LogP contribution in [0.3, 0.4) is 0 Å². The molecule has 220 valence electrons. The first-order valence-electron chi connectivity index (χ1n) is 12.6. The summed E-state index contributed by atoms with van der Waals surface area (Å²) in [4.78, 5) is 28.4. The molecule has 1 saturated heterocycles. The molecule has 40 heavy (non-hydrogen) atoms. The van der Waals surface area contributed by atoms with Crippen LogP contribution < -0.4 is 0 Å². The summed E-state index contributed by atoms with van der Waals surface area (Å²) < 4.78 is 98.6. The zero-order valence-corrected chi connectivity index (χ0v) is 22.5. The summed E-state index contributed by atoms with van der Waals surface area (Å²) in [6, 6.07) is 6.72. The highest BCUT2D eigenvalue weighted by Crippen LogP contribution is 2.38. The van der Waals surface area contributed by atoms with Crippen molar-refractivity contribution in [3.8, 4) is 0 Å². The molecule has 3 rings (SSSR count). The fourth-order valence-corrected chi connectivity index (χ4v) is 4.69. The van der Waals surface area contributed by atoms with Crippen LogP contribution in [0.5, 0.6) is 0 Å². The maximum absolute atomic E-state index is 13.6. The van der Waals surface area contributed by atoms with Gasteiger partial charge in [0.05, 0.1) is 11.1 Å². The van der Waals surface area contributed by atoms with Gasteiger partial charge in [-0.25, -0.2) is 9.18 Å². The van der Waals surface area contributed by atoms with Crippen molar-refractivity contribution in [2.24, 2.45) is 5.92 Å². The zero-order valence-electron chi connectivity index (χ0n) is 22.5. The van der Waals surface area contributed by atoms with Crippen LogP contribution in [0.2, 0.25) is 0 Å². The number of nitrogens with zero attached hydrogens (tertiary/aromatic N) is 2. The SMILES string of the molecule is CN(Cc1cc(C(F)(F)F)cc(C(F)(F)F)c1)C(=O)CC(c1ccc(F)cc1)C1CCN(C(=O)OC(C)(C)C)C1. The maximum atomic E-state index is 13.6. The Hall–Kier alpha value is -3.31. The van der Waals surface area contributed by atoms with Gasteiger partial charge in [0.25, 0.3) is 0 Å². The highest BCUT2D eigenvalue weighted by Gasteiger charge is 2.38. The standard InChI is InChI=1S/C28H31F7N2O3/c1-26(2,3)40-25(39)37-10-9-19(16-37)23(18-5-7-22(29)8-6-18)14-24(38)36(4)15-17-11-20(27(30,31)32)13-21(12-17)28(33,34)35/h5-8,11-13,19,23H,9-10,14-16H2,1-4H3. The Morgan fingerprint density at radius 1 is 0.975 bits per heavy atom. The molecule has 0 aliphatic carbocycles. The van der Waals surface area contributed by atoms with Crippen molar-refractivity contribution in [1.82, 2.24) is 9.80 Å². The van der Waals surface area contributed by atoms with Gasteiger partial charge in [0, 0.05) is 33.1 Å². The molecule has 1 fully saturated rings. The molecule has 2 unspecified atom stereocenters. The molecular weight excluding hydrogens is 545 g/mol. The third-order valence-corrected chi connectivity index (χ3v) is 6.63. The van der Waals surface area contributed by atoms with Gasteiger partial charge in [-0.15, -0.1) is 0 Å². The molecule has 0 radical (unpaired) electrons. The predicted molar refractivity (Wildman–Crippen MR) is 133 cm³/mol. The highest BCUT2D eigenvalue weighted by atomic mass is 19.4. The average Bonchev–Trinajstić information content (AvgIpc) is 3.31. The van der Waals surface area contributed by atoms with Crippen molar-refractivity contribution in [3.05, 3.63) is 70.5 Å². The summed E-state index contributed by atoms with van der Waals surface area (Å²) >= 11 is 0. The smallest absolute Gasteiger partial charge is 0.416 e. The van der Waals surface area contributed by atoms with E-state index in [0.29, 0.717) is 30.7 Å². The predicted octanol–water partition coefficient (Wildman–Crippen LogP) is 7.25. The minimum Gasteiger partial charge on any atom is -0.444 e. The van der Waals surface area contributed by atoms with Crippen molar-refractivity contribution in [1.29, 1.82) is 0 Å². The minimum absolute atomic E-state index is 0.0341. The number of hydrogen-bond donors (Lipinski definition) is 0. The number of likely N-dealkylation sites (tertiary alicyclic amines) is 1. The molecule has 1 aliphatic rings. The second-order valence-corrected chi connectivity index (χ2v) is 11.0. The lowest BCUT2D eigenvalue weighted by Gasteiger charge is -2.28. The number of alkyl halides is 6. The van der Waals surface area contributed by atoms with Gasteiger partial charge >= 0.3 is 18.4 Å². The van der Waals surface area contributed by atoms with Gasteiger partial charge in [-0.1, -0.05) is 12.1 Å². The topological polar surface area (TPSA) is 49.9 Å². The Labute approximate surface area is 227 Å². The molecule has 1 aliphatic heterocycles. The van der Waals surface area contributed by atoms with Gasteiger partial charge in [-0.3, -0.25) is 4.79 Å². The summed E-state index contributed by atoms with van der Waals surface area (Å²) in [7, 11) is 1.29. The van der Waals surface area contributed by atoms with Gasteiger partial charge in [0.15, 0.2) is 0 Å². The molecule has 12 heteroatoms. The van der Waals surface area contributed by atoms with E-state index in [9.17, 15) is 40.3 Å². The summed E-state index contributed by atoms with van der Waals surface area (Å²) in [5.41, 5.74) is -3.34. The van der Waals surface area contributed by atoms with Crippen LogP contribution in [0.15, 0.2) is 42.5 Å². The van der Waals surface area contributed by atoms with Crippen molar-refractivity contribution >= 4 is 12.0 Å². The van der Waals surface area contributed by atoms with Crippen molar-refractivity contribution in [2.45, 2.75) is 64.0 Å². The van der Waals surface area contributed by atoms with Gasteiger partial charge in [-0.05, 0) is 80.5 Å². The number of ether oxygens (including phenoxy) is 1. The van der Waals surface area contributed by atoms with E-state index in [-0.39, 0.29) is 30.5 Å². The molecule has 0 bridgehead atoms. The van der Waals surface area contributed by atoms with Crippen LogP contribution in [0.1, 0.15) is 61.8 Å². The number of benzene rings is 2. The monoisotopic (exact) mass is 576 g/mol. The van der Waals surface area contributed by atoms with Crippen LogP contribution >= 0.6 is 0 Å². The molecule has 2 aromatic carbocycles. The third-order valence-electron chi connectivity index (χ3n) is 6.63. The molecule has 2 aromatic rings. The number of amides is 2. The Bertz CT molecular complexity index is 1170. The Morgan fingerprint density at radius 3 is 2.02 bits per heavy atom. The molecule has 2 atom stereocenters. The molecular formula is C28H31F7N2O3. The number of rotatable bonds is 6. The molecule has 0 saturated carbocycles. The molecule has 1 heterocycles. The van der Waals surface area contributed by atoms with Crippen molar-refractivity contribution in [2.75, 3.05) is 20.1 Å². The van der Waals surface area contributed by atoms with Crippen LogP contribution in [0.25, 0.3) is 0 Å². The van der Waals surface area contributed by atoms with Gasteiger partial charge in [-0.2, -0.15) is 26.3 Å². The Morgan fingerprint density at radius 2 is 1.52 bits per heavy atom. The molecule has 0 aromatic heterocycles. The lowest BCUT2D eigenvalue weighted by Crippen LogP contribution is -2.36. The van der Waals surface area contributed by atoms with Gasteiger partial charge in [0.1, 0.15) is 11.4 Å². The van der Waals surface area contributed by atoms with Crippen molar-refractivity contribution in [3.63, 3.8) is 0 Å². The summed E-state index contributed by atoms with van der Waals surface area (Å²) in [6.45, 7) is 5.34. The number of halogens is 7. The van der Waals surface area contributed by atoms with E-state index in [1.54, 1.807) is 20.8 Å². The lowest BCUT2D eigenvalue weighted by atomic mass is 9.82. The summed E-state index contributed by atoms with van der Waals surface area (Å²) in [5, 5.41) is 0. The van der Waals surface area contributed by atoms with Gasteiger partial charge in [0.2, 0.25) is 5.91 Å². The number of hydrogen-bond acceptors (Lipinski definition) is 3.